The Morgan fingerprint density at radius 1 is 0.734 bits per heavy atom. The number of thiazole rings is 1. The van der Waals surface area contributed by atoms with Crippen molar-refractivity contribution in [1.29, 1.82) is 0 Å². The molecule has 2 aliphatic heterocycles. The van der Waals surface area contributed by atoms with Crippen LogP contribution in [0.1, 0.15) is 45.2 Å². The summed E-state index contributed by atoms with van der Waals surface area (Å²) in [5.74, 6) is -0.648. The van der Waals surface area contributed by atoms with Crippen molar-refractivity contribution in [2.45, 2.75) is 29.7 Å². The van der Waals surface area contributed by atoms with E-state index in [9.17, 15) is 14.4 Å². The number of halogens is 1. The van der Waals surface area contributed by atoms with Crippen LogP contribution in [-0.2, 0) is 55.1 Å². The van der Waals surface area contributed by atoms with Gasteiger partial charge in [-0.25, -0.2) is 9.78 Å². The number of nitrogens with zero attached hydrogens (tertiary/aromatic N) is 3. The van der Waals surface area contributed by atoms with Crippen LogP contribution in [-0.4, -0.2) is 109 Å². The SMILES string of the molecule is COCCOCOc1ccc(CON=C(C(=O)N[C@@H]2C(=O)N3C(C(=O)OC(c4ccccc4)c4ccccc4)=C(CI)CS[C@@H]23)c2csc(NC(c3ccccc3)(c3ccccc3)c3ccccc3)n2)cc1OCOCCOC. The van der Waals surface area contributed by atoms with Gasteiger partial charge in [-0.05, 0) is 51.1 Å². The van der Waals surface area contributed by atoms with Gasteiger partial charge in [-0.15, -0.1) is 23.1 Å². The highest BCUT2D eigenvalue weighted by Crippen LogP contribution is 2.43. The smallest absolute Gasteiger partial charge is 0.356 e. The van der Waals surface area contributed by atoms with Crippen LogP contribution in [0.5, 0.6) is 11.5 Å². The molecule has 9 rings (SSSR count). The van der Waals surface area contributed by atoms with Crippen LogP contribution in [0.15, 0.2) is 192 Å². The van der Waals surface area contributed by atoms with Gasteiger partial charge in [-0.1, -0.05) is 185 Å². The molecular weight excluding hydrogens is 1160 g/mol. The van der Waals surface area contributed by atoms with Crippen molar-refractivity contribution in [2.24, 2.45) is 5.16 Å². The average molecular weight is 1220 g/mol. The third-order valence-corrected chi connectivity index (χ3v) is 15.9. The second-order valence-electron chi connectivity index (χ2n) is 17.9. The molecule has 1 fully saturated rings. The zero-order chi connectivity index (χ0) is 54.8. The van der Waals surface area contributed by atoms with Gasteiger partial charge in [0, 0.05) is 29.8 Å². The van der Waals surface area contributed by atoms with Crippen molar-refractivity contribution in [1.82, 2.24) is 15.2 Å². The number of alkyl halides is 1. The van der Waals surface area contributed by atoms with Gasteiger partial charge in [-0.2, -0.15) is 0 Å². The zero-order valence-electron chi connectivity index (χ0n) is 43.4. The van der Waals surface area contributed by atoms with Crippen molar-refractivity contribution in [2.75, 3.05) is 69.7 Å². The predicted octanol–water partition coefficient (Wildman–Crippen LogP) is 9.89. The van der Waals surface area contributed by atoms with Crippen molar-refractivity contribution < 1.29 is 52.4 Å². The van der Waals surface area contributed by atoms with Gasteiger partial charge < -0.3 is 48.6 Å². The molecule has 1 aromatic heterocycles. The molecule has 19 heteroatoms. The maximum Gasteiger partial charge on any atom is 0.356 e. The first-order chi connectivity index (χ1) is 38.8. The van der Waals surface area contributed by atoms with E-state index in [1.165, 1.54) is 28.0 Å². The number of hydrogen-bond acceptors (Lipinski definition) is 16. The molecule has 0 spiro atoms. The van der Waals surface area contributed by atoms with Crippen LogP contribution in [0.25, 0.3) is 0 Å². The van der Waals surface area contributed by atoms with E-state index in [4.69, 9.17) is 43.0 Å². The van der Waals surface area contributed by atoms with Crippen molar-refractivity contribution >= 4 is 74.3 Å². The summed E-state index contributed by atoms with van der Waals surface area (Å²) >= 11 is 4.94. The molecule has 79 heavy (non-hydrogen) atoms. The Bertz CT molecular complexity index is 3040. The lowest BCUT2D eigenvalue weighted by molar-refractivity contribution is -0.154. The van der Waals surface area contributed by atoms with E-state index in [0.717, 1.165) is 33.4 Å². The summed E-state index contributed by atoms with van der Waals surface area (Å²) in [6.07, 6.45) is -0.733. The molecule has 6 aromatic carbocycles. The monoisotopic (exact) mass is 1220 g/mol. The summed E-state index contributed by atoms with van der Waals surface area (Å²) in [6.45, 7) is 1.17. The molecule has 2 atom stereocenters. The Labute approximate surface area is 480 Å². The first-order valence-electron chi connectivity index (χ1n) is 25.3. The summed E-state index contributed by atoms with van der Waals surface area (Å²) in [5.41, 5.74) is 5.04. The summed E-state index contributed by atoms with van der Waals surface area (Å²) in [6, 6.07) is 53.3. The number of anilines is 1. The van der Waals surface area contributed by atoms with Gasteiger partial charge >= 0.3 is 5.97 Å². The highest BCUT2D eigenvalue weighted by atomic mass is 127. The predicted molar refractivity (Wildman–Crippen MR) is 311 cm³/mol. The van der Waals surface area contributed by atoms with Crippen LogP contribution in [0.4, 0.5) is 5.13 Å². The van der Waals surface area contributed by atoms with Gasteiger partial charge in [0.2, 0.25) is 0 Å². The minimum Gasteiger partial charge on any atom is -0.464 e. The van der Waals surface area contributed by atoms with Gasteiger partial charge in [0.15, 0.2) is 42.0 Å². The Morgan fingerprint density at radius 3 is 1.82 bits per heavy atom. The maximum atomic E-state index is 14.9. The fourth-order valence-corrected chi connectivity index (χ4v) is 12.1. The molecule has 2 aliphatic rings. The Balaban J connectivity index is 1.01. The summed E-state index contributed by atoms with van der Waals surface area (Å²) in [7, 11) is 3.17. The minimum atomic E-state index is -1.03. The number of hydrogen-bond donors (Lipinski definition) is 2. The van der Waals surface area contributed by atoms with E-state index in [-0.39, 0.29) is 37.3 Å². The topological polar surface area (TPSA) is 178 Å². The fourth-order valence-electron chi connectivity index (χ4n) is 8.98. The number of methoxy groups -OCH3 is 2. The van der Waals surface area contributed by atoms with Gasteiger partial charge in [-0.3, -0.25) is 14.5 Å². The molecule has 0 aliphatic carbocycles. The average Bonchev–Trinajstić information content (AvgIpc) is 4.06. The van der Waals surface area contributed by atoms with Crippen molar-refractivity contribution in [3.63, 3.8) is 0 Å². The molecular formula is C60H58IN5O11S2. The largest absolute Gasteiger partial charge is 0.464 e. The summed E-state index contributed by atoms with van der Waals surface area (Å²) < 4.78 is 39.9. The Kier molecular flexibility index (Phi) is 20.2. The van der Waals surface area contributed by atoms with Gasteiger partial charge in [0.1, 0.15) is 35.0 Å². The Morgan fingerprint density at radius 2 is 1.28 bits per heavy atom. The molecule has 2 N–H and O–H groups in total. The molecule has 3 heterocycles. The molecule has 7 aromatic rings. The highest BCUT2D eigenvalue weighted by molar-refractivity contribution is 14.1. The number of aromatic nitrogens is 1. The number of rotatable bonds is 28. The third-order valence-electron chi connectivity index (χ3n) is 12.8. The Hall–Kier alpha value is -7.11. The van der Waals surface area contributed by atoms with Crippen molar-refractivity contribution in [3.8, 4) is 11.5 Å². The fraction of sp³-hybridized carbons (Fsp3) is 0.250. The number of esters is 1. The van der Waals surface area contributed by atoms with E-state index in [0.29, 0.717) is 58.8 Å². The molecule has 1 saturated heterocycles. The first kappa shape index (κ1) is 56.6. The molecule has 408 valence electrons. The maximum absolute atomic E-state index is 14.9. The summed E-state index contributed by atoms with van der Waals surface area (Å²) in [5, 5.41) is 12.7. The lowest BCUT2D eigenvalue weighted by Gasteiger charge is -2.49. The van der Waals surface area contributed by atoms with E-state index >= 15 is 0 Å². The van der Waals surface area contributed by atoms with E-state index in [1.54, 1.807) is 37.8 Å². The molecule has 0 unspecified atom stereocenters. The number of amides is 2. The highest BCUT2D eigenvalue weighted by Gasteiger charge is 2.55. The molecule has 0 bridgehead atoms. The number of β-lactam (4-membered cyclic amide) rings is 1. The number of oxime groups is 1. The number of ether oxygens (including phenoxy) is 7. The molecule has 2 amide bonds. The lowest BCUT2D eigenvalue weighted by atomic mass is 9.77. The number of benzene rings is 6. The molecule has 16 nitrogen and oxygen atoms in total. The molecule has 0 saturated carbocycles. The number of fused-ring (bicyclic) bond motifs is 1. The van der Waals surface area contributed by atoms with E-state index in [1.807, 2.05) is 115 Å². The van der Waals surface area contributed by atoms with Gasteiger partial charge in [0.05, 0.1) is 26.4 Å². The van der Waals surface area contributed by atoms with Crippen molar-refractivity contribution in [3.05, 3.63) is 226 Å². The zero-order valence-corrected chi connectivity index (χ0v) is 47.2. The second-order valence-corrected chi connectivity index (χ2v) is 20.6. The first-order valence-corrected chi connectivity index (χ1v) is 28.7. The number of nitrogens with one attached hydrogen (secondary N) is 2. The quantitative estimate of drug-likeness (QED) is 0.00545. The van der Waals surface area contributed by atoms with Crippen LogP contribution in [0.2, 0.25) is 0 Å². The van der Waals surface area contributed by atoms with Crippen LogP contribution in [0, 0.1) is 0 Å². The standard InChI is InChI=1S/C60H58IN5O11S2/c1-70-30-32-72-39-74-49-29-28-41(34-50(49)75-40-73-33-31-71-2)36-76-65-51(48-38-79-59(62-48)64-60(45-22-12-5-13-23-45,46-24-14-6-15-25-46)47-26-16-7-17-27-47)55(67)63-52-56(68)66-53(44(35-61)37-78-57(52)66)58(69)77-54(42-18-8-3-9-19-42)43-20-10-4-11-21-43/h3-29,34,38,52,54,57H,30-33,35-37,39-40H2,1-2H3,(H,62,64)(H,63,67)/t52-,57+/m1/s1. The number of thioether (sulfide) groups is 1. The normalized spacial score (nSPS) is 15.3. The summed E-state index contributed by atoms with van der Waals surface area (Å²) in [4.78, 5) is 56.3. The van der Waals surface area contributed by atoms with Crippen LogP contribution in [0.3, 0.4) is 0 Å². The lowest BCUT2D eigenvalue weighted by Crippen LogP contribution is -2.71. The molecule has 0 radical (unpaired) electrons. The van der Waals surface area contributed by atoms with Gasteiger partial charge in [0.25, 0.3) is 11.8 Å². The third kappa shape index (κ3) is 13.7. The van der Waals surface area contributed by atoms with Crippen LogP contribution >= 0.6 is 45.7 Å². The van der Waals surface area contributed by atoms with E-state index < -0.39 is 40.8 Å². The minimum absolute atomic E-state index is 0.0543. The van der Waals surface area contributed by atoms with Crippen LogP contribution < -0.4 is 20.1 Å². The second kappa shape index (κ2) is 28.2. The van der Waals surface area contributed by atoms with E-state index in [2.05, 4.69) is 74.8 Å². The number of carbonyl (C=O) groups excluding carboxylic acids is 3. The number of carbonyl (C=O) groups is 3.